The zero-order valence-corrected chi connectivity index (χ0v) is 11.4. The van der Waals surface area contributed by atoms with Crippen LogP contribution in [0.3, 0.4) is 0 Å². The first-order valence-corrected chi connectivity index (χ1v) is 6.44. The van der Waals surface area contributed by atoms with Crippen molar-refractivity contribution < 1.29 is 4.79 Å². The van der Waals surface area contributed by atoms with Crippen molar-refractivity contribution in [1.29, 1.82) is 0 Å². The van der Waals surface area contributed by atoms with E-state index < -0.39 is 0 Å². The van der Waals surface area contributed by atoms with E-state index in [1.54, 1.807) is 43.3 Å². The third kappa shape index (κ3) is 2.18. The number of anilines is 1. The Balaban J connectivity index is 2.36. The lowest BCUT2D eigenvalue weighted by Gasteiger charge is -2.11. The number of aryl methyl sites for hydroxylation is 1. The van der Waals surface area contributed by atoms with Gasteiger partial charge in [-0.15, -0.1) is 0 Å². The number of carbonyl (C=O) groups excluding carboxylic acids is 1. The van der Waals surface area contributed by atoms with Gasteiger partial charge in [-0.25, -0.2) is 4.57 Å². The largest absolute Gasteiger partial charge is 0.399 e. The molecular formula is C16H13N3O2. The molecule has 0 aliphatic carbocycles. The van der Waals surface area contributed by atoms with Crippen molar-refractivity contribution in [3.05, 3.63) is 70.3 Å². The second-order valence-electron chi connectivity index (χ2n) is 4.83. The van der Waals surface area contributed by atoms with Crippen molar-refractivity contribution in [3.8, 4) is 0 Å². The van der Waals surface area contributed by atoms with E-state index in [1.807, 2.05) is 0 Å². The number of benzene rings is 1. The fraction of sp³-hybridized carbons (Fsp3) is 0.0625. The summed E-state index contributed by atoms with van der Waals surface area (Å²) in [5.41, 5.74) is 7.37. The molecule has 2 N–H and O–H groups in total. The summed E-state index contributed by atoms with van der Waals surface area (Å²) in [6, 6.07) is 10.1. The normalized spacial score (nSPS) is 10.7. The van der Waals surface area contributed by atoms with Gasteiger partial charge in [0.2, 0.25) is 0 Å². The first kappa shape index (κ1) is 13.1. The zero-order chi connectivity index (χ0) is 15.0. The highest BCUT2D eigenvalue weighted by molar-refractivity contribution is 6.01. The predicted octanol–water partition coefficient (Wildman–Crippen LogP) is 1.98. The van der Waals surface area contributed by atoms with Crippen LogP contribution in [0.2, 0.25) is 0 Å². The van der Waals surface area contributed by atoms with Gasteiger partial charge >= 0.3 is 0 Å². The van der Waals surface area contributed by atoms with Crippen LogP contribution in [-0.4, -0.2) is 15.5 Å². The van der Waals surface area contributed by atoms with Crippen LogP contribution in [0.4, 0.5) is 5.69 Å². The molecule has 0 aliphatic rings. The number of rotatable bonds is 1. The maximum Gasteiger partial charge on any atom is 0.265 e. The van der Waals surface area contributed by atoms with Crippen LogP contribution >= 0.6 is 0 Å². The Bertz CT molecular complexity index is 899. The van der Waals surface area contributed by atoms with Crippen LogP contribution in [0, 0.1) is 6.92 Å². The van der Waals surface area contributed by atoms with E-state index in [2.05, 4.69) is 4.98 Å². The second-order valence-corrected chi connectivity index (χ2v) is 4.83. The number of pyridine rings is 2. The van der Waals surface area contributed by atoms with Gasteiger partial charge in [-0.1, -0.05) is 6.07 Å². The third-order valence-corrected chi connectivity index (χ3v) is 3.34. The van der Waals surface area contributed by atoms with Gasteiger partial charge in [-0.2, -0.15) is 0 Å². The molecule has 3 aromatic rings. The molecule has 0 unspecified atom stereocenters. The number of aromatic nitrogens is 2. The van der Waals surface area contributed by atoms with E-state index in [0.717, 1.165) is 9.95 Å². The predicted molar refractivity (Wildman–Crippen MR) is 81.3 cm³/mol. The summed E-state index contributed by atoms with van der Waals surface area (Å²) in [6.07, 6.45) is 3.04. The molecule has 5 nitrogen and oxygen atoms in total. The maximum absolute atomic E-state index is 12.6. The number of fused-ring (bicyclic) bond motifs is 1. The molecule has 21 heavy (non-hydrogen) atoms. The molecule has 0 spiro atoms. The fourth-order valence-corrected chi connectivity index (χ4v) is 2.28. The van der Waals surface area contributed by atoms with E-state index in [-0.39, 0.29) is 11.5 Å². The van der Waals surface area contributed by atoms with Gasteiger partial charge in [-0.05, 0) is 42.6 Å². The first-order valence-electron chi connectivity index (χ1n) is 6.44. The lowest BCUT2D eigenvalue weighted by atomic mass is 10.1. The average molecular weight is 279 g/mol. The van der Waals surface area contributed by atoms with Crippen LogP contribution in [0.15, 0.2) is 53.6 Å². The molecule has 0 radical (unpaired) electrons. The maximum atomic E-state index is 12.6. The fourth-order valence-electron chi connectivity index (χ4n) is 2.28. The lowest BCUT2D eigenvalue weighted by molar-refractivity contribution is 0.0961. The summed E-state index contributed by atoms with van der Waals surface area (Å²) in [5.74, 6) is -0.387. The molecule has 1 aromatic carbocycles. The molecule has 2 aromatic heterocycles. The van der Waals surface area contributed by atoms with Crippen LogP contribution < -0.4 is 11.3 Å². The molecular weight excluding hydrogens is 266 g/mol. The van der Waals surface area contributed by atoms with Crippen molar-refractivity contribution in [2.45, 2.75) is 6.92 Å². The summed E-state index contributed by atoms with van der Waals surface area (Å²) in [6.45, 7) is 1.69. The minimum Gasteiger partial charge on any atom is -0.399 e. The van der Waals surface area contributed by atoms with Crippen molar-refractivity contribution >= 4 is 22.5 Å². The van der Waals surface area contributed by atoms with E-state index in [9.17, 15) is 9.59 Å². The minimum absolute atomic E-state index is 0.338. The highest BCUT2D eigenvalue weighted by atomic mass is 16.2. The molecule has 104 valence electrons. The van der Waals surface area contributed by atoms with Crippen LogP contribution in [0.5, 0.6) is 0 Å². The molecule has 0 aliphatic heterocycles. The van der Waals surface area contributed by atoms with Crippen molar-refractivity contribution in [3.63, 3.8) is 0 Å². The summed E-state index contributed by atoms with van der Waals surface area (Å²) in [7, 11) is 0. The van der Waals surface area contributed by atoms with Gasteiger partial charge in [0.15, 0.2) is 0 Å². The Morgan fingerprint density at radius 3 is 2.57 bits per heavy atom. The number of hydrogen-bond acceptors (Lipinski definition) is 4. The Kier molecular flexibility index (Phi) is 3.02. The lowest BCUT2D eigenvalue weighted by Crippen LogP contribution is -2.29. The molecule has 2 heterocycles. The Labute approximate surface area is 120 Å². The molecule has 0 bridgehead atoms. The van der Waals surface area contributed by atoms with Gasteiger partial charge in [-0.3, -0.25) is 14.6 Å². The Hall–Kier alpha value is -2.95. The van der Waals surface area contributed by atoms with Crippen molar-refractivity contribution in [2.75, 3.05) is 5.73 Å². The SMILES string of the molecule is Cc1cc2ccc(N)cc2n(C(=O)c2ccncc2)c1=O. The Morgan fingerprint density at radius 2 is 1.86 bits per heavy atom. The smallest absolute Gasteiger partial charge is 0.265 e. The number of carbonyl (C=O) groups is 1. The quantitative estimate of drug-likeness (QED) is 0.691. The summed E-state index contributed by atoms with van der Waals surface area (Å²) < 4.78 is 1.16. The average Bonchev–Trinajstić information content (AvgIpc) is 2.49. The van der Waals surface area contributed by atoms with Crippen molar-refractivity contribution in [1.82, 2.24) is 9.55 Å². The third-order valence-electron chi connectivity index (χ3n) is 3.34. The van der Waals surface area contributed by atoms with Gasteiger partial charge in [0.05, 0.1) is 5.52 Å². The van der Waals surface area contributed by atoms with E-state index in [4.69, 9.17) is 5.73 Å². The summed E-state index contributed by atoms with van der Waals surface area (Å²) in [5, 5.41) is 0.795. The topological polar surface area (TPSA) is 78.0 Å². The molecule has 0 atom stereocenters. The zero-order valence-electron chi connectivity index (χ0n) is 11.4. The van der Waals surface area contributed by atoms with E-state index >= 15 is 0 Å². The summed E-state index contributed by atoms with van der Waals surface area (Å²) in [4.78, 5) is 28.9. The first-order chi connectivity index (χ1) is 10.1. The van der Waals surface area contributed by atoms with Gasteiger partial charge in [0, 0.05) is 29.2 Å². The molecule has 3 rings (SSSR count). The Morgan fingerprint density at radius 1 is 1.14 bits per heavy atom. The molecule has 0 fully saturated rings. The van der Waals surface area contributed by atoms with Gasteiger partial charge in [0.25, 0.3) is 11.5 Å². The standard InChI is InChI=1S/C16H13N3O2/c1-10-8-12-2-3-13(17)9-14(12)19(15(10)20)16(21)11-4-6-18-7-5-11/h2-9H,17H2,1H3. The van der Waals surface area contributed by atoms with Crippen molar-refractivity contribution in [2.24, 2.45) is 0 Å². The highest BCUT2D eigenvalue weighted by Crippen LogP contribution is 2.18. The van der Waals surface area contributed by atoms with E-state index in [0.29, 0.717) is 22.3 Å². The summed E-state index contributed by atoms with van der Waals surface area (Å²) >= 11 is 0. The second kappa shape index (κ2) is 4.86. The molecule has 0 saturated carbocycles. The molecule has 5 heteroatoms. The monoisotopic (exact) mass is 279 g/mol. The number of nitrogens with zero attached hydrogens (tertiary/aromatic N) is 2. The van der Waals surface area contributed by atoms with E-state index in [1.165, 1.54) is 12.4 Å². The molecule has 0 amide bonds. The van der Waals surface area contributed by atoms with Gasteiger partial charge in [0.1, 0.15) is 0 Å². The van der Waals surface area contributed by atoms with Crippen LogP contribution in [0.25, 0.3) is 10.9 Å². The van der Waals surface area contributed by atoms with Gasteiger partial charge < -0.3 is 5.73 Å². The highest BCUT2D eigenvalue weighted by Gasteiger charge is 2.15. The number of nitrogen functional groups attached to an aromatic ring is 1. The minimum atomic E-state index is -0.387. The molecule has 0 saturated heterocycles. The number of hydrogen-bond donors (Lipinski definition) is 1. The number of nitrogens with two attached hydrogens (primary N) is 1. The van der Waals surface area contributed by atoms with Crippen LogP contribution in [-0.2, 0) is 0 Å². The van der Waals surface area contributed by atoms with Crippen LogP contribution in [0.1, 0.15) is 15.9 Å².